The fourth-order valence-electron chi connectivity index (χ4n) is 1.98. The Hall–Kier alpha value is -1.51. The number of benzene rings is 2. The van der Waals surface area contributed by atoms with Crippen LogP contribution in [0.4, 0.5) is 5.69 Å². The lowest BCUT2D eigenvalue weighted by molar-refractivity contribution is 0.185. The third kappa shape index (κ3) is 3.98. The molecule has 0 spiro atoms. The van der Waals surface area contributed by atoms with Crippen molar-refractivity contribution in [3.63, 3.8) is 0 Å². The molecular formula is C16H18ClNO. The van der Waals surface area contributed by atoms with E-state index in [0.29, 0.717) is 6.61 Å². The molecule has 0 aliphatic carbocycles. The van der Waals surface area contributed by atoms with Crippen LogP contribution in [0.1, 0.15) is 16.7 Å². The van der Waals surface area contributed by atoms with Gasteiger partial charge in [-0.3, -0.25) is 0 Å². The van der Waals surface area contributed by atoms with Crippen LogP contribution in [0.5, 0.6) is 0 Å². The molecule has 0 aliphatic rings. The Morgan fingerprint density at radius 1 is 1.11 bits per heavy atom. The maximum Gasteiger partial charge on any atom is 0.0713 e. The summed E-state index contributed by atoms with van der Waals surface area (Å²) in [5.74, 6) is 0. The topological polar surface area (TPSA) is 21.3 Å². The van der Waals surface area contributed by atoms with E-state index in [1.165, 1.54) is 16.7 Å². The quantitative estimate of drug-likeness (QED) is 0.873. The van der Waals surface area contributed by atoms with E-state index in [2.05, 4.69) is 36.5 Å². The summed E-state index contributed by atoms with van der Waals surface area (Å²) >= 11 is 6.01. The van der Waals surface area contributed by atoms with Crippen molar-refractivity contribution >= 4 is 17.3 Å². The lowest BCUT2D eigenvalue weighted by Crippen LogP contribution is -2.01. The fourth-order valence-corrected chi connectivity index (χ4v) is 2.15. The minimum absolute atomic E-state index is 0.643. The van der Waals surface area contributed by atoms with Crippen molar-refractivity contribution in [3.05, 3.63) is 64.2 Å². The first-order valence-corrected chi connectivity index (χ1v) is 6.63. The summed E-state index contributed by atoms with van der Waals surface area (Å²) in [4.78, 5) is 0. The number of halogens is 1. The van der Waals surface area contributed by atoms with Gasteiger partial charge in [-0.2, -0.15) is 0 Å². The molecule has 3 heteroatoms. The molecule has 0 saturated heterocycles. The Morgan fingerprint density at radius 2 is 1.89 bits per heavy atom. The summed E-state index contributed by atoms with van der Waals surface area (Å²) in [6, 6.07) is 14.2. The highest BCUT2D eigenvalue weighted by Crippen LogP contribution is 2.21. The van der Waals surface area contributed by atoms with Crippen molar-refractivity contribution < 1.29 is 4.74 Å². The monoisotopic (exact) mass is 275 g/mol. The molecule has 0 unspecified atom stereocenters. The number of aryl methyl sites for hydroxylation is 1. The second-order valence-corrected chi connectivity index (χ2v) is 5.00. The first-order valence-electron chi connectivity index (χ1n) is 6.26. The van der Waals surface area contributed by atoms with Gasteiger partial charge in [0.2, 0.25) is 0 Å². The van der Waals surface area contributed by atoms with Crippen LogP contribution >= 0.6 is 11.6 Å². The van der Waals surface area contributed by atoms with E-state index in [4.69, 9.17) is 16.3 Å². The third-order valence-electron chi connectivity index (χ3n) is 2.98. The van der Waals surface area contributed by atoms with Crippen LogP contribution in [0.2, 0.25) is 5.02 Å². The summed E-state index contributed by atoms with van der Waals surface area (Å²) in [5, 5.41) is 4.17. The molecule has 0 heterocycles. The van der Waals surface area contributed by atoms with Gasteiger partial charge in [-0.05, 0) is 35.7 Å². The zero-order valence-electron chi connectivity index (χ0n) is 11.2. The molecule has 2 rings (SSSR count). The summed E-state index contributed by atoms with van der Waals surface area (Å²) in [6.45, 7) is 3.49. The molecule has 19 heavy (non-hydrogen) atoms. The molecule has 0 aliphatic heterocycles. The number of hydrogen-bond donors (Lipinski definition) is 1. The first-order chi connectivity index (χ1) is 9.19. The van der Waals surface area contributed by atoms with Crippen LogP contribution in [0.3, 0.4) is 0 Å². The van der Waals surface area contributed by atoms with Crippen LogP contribution in [-0.4, -0.2) is 7.11 Å². The van der Waals surface area contributed by atoms with E-state index in [1.807, 2.05) is 18.2 Å². The minimum Gasteiger partial charge on any atom is -0.381 e. The van der Waals surface area contributed by atoms with Gasteiger partial charge in [0.05, 0.1) is 6.61 Å². The minimum atomic E-state index is 0.643. The van der Waals surface area contributed by atoms with Gasteiger partial charge in [-0.1, -0.05) is 41.9 Å². The zero-order valence-corrected chi connectivity index (χ0v) is 12.0. The van der Waals surface area contributed by atoms with Gasteiger partial charge in [0.15, 0.2) is 0 Å². The van der Waals surface area contributed by atoms with Crippen LogP contribution in [0.15, 0.2) is 42.5 Å². The second kappa shape index (κ2) is 6.60. The average molecular weight is 276 g/mol. The van der Waals surface area contributed by atoms with E-state index in [9.17, 15) is 0 Å². The summed E-state index contributed by atoms with van der Waals surface area (Å²) in [7, 11) is 1.71. The second-order valence-electron chi connectivity index (χ2n) is 4.57. The van der Waals surface area contributed by atoms with E-state index in [0.717, 1.165) is 17.3 Å². The molecule has 2 nitrogen and oxygen atoms in total. The largest absolute Gasteiger partial charge is 0.381 e. The van der Waals surface area contributed by atoms with Crippen LogP contribution < -0.4 is 5.32 Å². The van der Waals surface area contributed by atoms with Crippen molar-refractivity contribution in [2.45, 2.75) is 20.1 Å². The highest BCUT2D eigenvalue weighted by Gasteiger charge is 2.00. The molecule has 2 aromatic rings. The zero-order chi connectivity index (χ0) is 13.7. The molecule has 1 N–H and O–H groups in total. The summed E-state index contributed by atoms with van der Waals surface area (Å²) in [6.07, 6.45) is 0. The van der Waals surface area contributed by atoms with Crippen molar-refractivity contribution in [2.24, 2.45) is 0 Å². The van der Waals surface area contributed by atoms with E-state index in [1.54, 1.807) is 7.11 Å². The van der Waals surface area contributed by atoms with Crippen LogP contribution in [-0.2, 0) is 17.9 Å². The lowest BCUT2D eigenvalue weighted by Gasteiger charge is -2.11. The Bertz CT molecular complexity index is 554. The molecule has 0 bridgehead atoms. The van der Waals surface area contributed by atoms with E-state index < -0.39 is 0 Å². The highest BCUT2D eigenvalue weighted by molar-refractivity contribution is 6.30. The van der Waals surface area contributed by atoms with Crippen LogP contribution in [0, 0.1) is 6.92 Å². The normalized spacial score (nSPS) is 10.5. The van der Waals surface area contributed by atoms with Gasteiger partial charge in [0.25, 0.3) is 0 Å². The van der Waals surface area contributed by atoms with Crippen molar-refractivity contribution in [1.82, 2.24) is 0 Å². The summed E-state index contributed by atoms with van der Waals surface area (Å²) in [5.41, 5.74) is 4.68. The van der Waals surface area contributed by atoms with E-state index >= 15 is 0 Å². The third-order valence-corrected chi connectivity index (χ3v) is 3.22. The molecule has 0 fully saturated rings. The van der Waals surface area contributed by atoms with Gasteiger partial charge in [-0.15, -0.1) is 0 Å². The number of rotatable bonds is 5. The Morgan fingerprint density at radius 3 is 2.68 bits per heavy atom. The number of anilines is 1. The first kappa shape index (κ1) is 13.9. The average Bonchev–Trinajstić information content (AvgIpc) is 2.41. The standard InChI is InChI=1S/C16H18ClNO/c1-12-6-7-15(17)9-16(12)18-10-13-4-3-5-14(8-13)11-19-2/h3-9,18H,10-11H2,1-2H3. The highest BCUT2D eigenvalue weighted by atomic mass is 35.5. The van der Waals surface area contributed by atoms with Gasteiger partial charge >= 0.3 is 0 Å². The maximum absolute atomic E-state index is 6.01. The molecule has 100 valence electrons. The Labute approximate surface area is 119 Å². The predicted octanol–water partition coefficient (Wildman–Crippen LogP) is 4.41. The molecule has 0 aromatic heterocycles. The maximum atomic E-state index is 6.01. The Balaban J connectivity index is 2.05. The molecule has 0 atom stereocenters. The number of hydrogen-bond acceptors (Lipinski definition) is 2. The molecular weight excluding hydrogens is 258 g/mol. The van der Waals surface area contributed by atoms with Crippen LogP contribution in [0.25, 0.3) is 0 Å². The number of ether oxygens (including phenoxy) is 1. The summed E-state index contributed by atoms with van der Waals surface area (Å²) < 4.78 is 5.14. The van der Waals surface area contributed by atoms with Crippen molar-refractivity contribution in [3.8, 4) is 0 Å². The lowest BCUT2D eigenvalue weighted by atomic mass is 10.1. The SMILES string of the molecule is COCc1cccc(CNc2cc(Cl)ccc2C)c1. The van der Waals surface area contributed by atoms with E-state index in [-0.39, 0.29) is 0 Å². The number of methoxy groups -OCH3 is 1. The molecule has 0 saturated carbocycles. The molecule has 0 amide bonds. The van der Waals surface area contributed by atoms with Gasteiger partial charge in [-0.25, -0.2) is 0 Å². The van der Waals surface area contributed by atoms with Gasteiger partial charge in [0, 0.05) is 24.4 Å². The number of nitrogens with one attached hydrogen (secondary N) is 1. The fraction of sp³-hybridized carbons (Fsp3) is 0.250. The van der Waals surface area contributed by atoms with Gasteiger partial charge in [0.1, 0.15) is 0 Å². The predicted molar refractivity (Wildman–Crippen MR) is 80.7 cm³/mol. The molecule has 0 radical (unpaired) electrons. The molecule has 2 aromatic carbocycles. The van der Waals surface area contributed by atoms with Crippen molar-refractivity contribution in [1.29, 1.82) is 0 Å². The smallest absolute Gasteiger partial charge is 0.0713 e. The van der Waals surface area contributed by atoms with Crippen molar-refractivity contribution in [2.75, 3.05) is 12.4 Å². The Kier molecular flexibility index (Phi) is 4.83. The van der Waals surface area contributed by atoms with Gasteiger partial charge < -0.3 is 10.1 Å².